The molecule has 51 valence electrons. The predicted molar refractivity (Wildman–Crippen MR) is 1.37 cm³/mol. The summed E-state index contributed by atoms with van der Waals surface area (Å²) in [4.78, 5) is 0. The van der Waals surface area contributed by atoms with Gasteiger partial charge in [-0.15, -0.1) is 0 Å². The Morgan fingerprint density at radius 2 is 0.222 bits per heavy atom. The van der Waals surface area contributed by atoms with Crippen molar-refractivity contribution in [2.45, 2.75) is 0 Å². The van der Waals surface area contributed by atoms with Gasteiger partial charge in [-0.05, 0) is 0 Å². The largest absolute Gasteiger partial charge is 2.00 e. The van der Waals surface area contributed by atoms with Crippen LogP contribution in [0.25, 0.3) is 0 Å². The van der Waals surface area contributed by atoms with Crippen LogP contribution < -0.4 is 0 Å². The molecule has 9 heavy (non-hydrogen) atoms. The van der Waals surface area contributed by atoms with Gasteiger partial charge in [0.25, 0.3) is 0 Å². The van der Waals surface area contributed by atoms with Crippen molar-refractivity contribution in [1.82, 2.24) is 0 Å². The quantitative estimate of drug-likeness (QED) is 0.489. The summed E-state index contributed by atoms with van der Waals surface area (Å²) in [5.74, 6) is 0. The molecule has 0 aromatic rings. The van der Waals surface area contributed by atoms with Gasteiger partial charge in [-0.3, -0.25) is 0 Å². The smallest absolute Gasteiger partial charge is 2.00 e. The van der Waals surface area contributed by atoms with Gasteiger partial charge in [0.1, 0.15) is 0 Å². The van der Waals surface area contributed by atoms with E-state index in [0.29, 0.717) is 0 Å². The van der Waals surface area contributed by atoms with E-state index in [1.165, 1.54) is 0 Å². The first-order valence-electron chi connectivity index (χ1n) is 0. The van der Waals surface area contributed by atoms with Gasteiger partial charge >= 0.3 is 119 Å². The molecule has 0 saturated carbocycles. The van der Waals surface area contributed by atoms with Gasteiger partial charge < -0.3 is 11.0 Å². The van der Waals surface area contributed by atoms with Gasteiger partial charge in [0.2, 0.25) is 0 Å². The first-order chi connectivity index (χ1) is 0. The molecule has 0 bridgehead atoms. The monoisotopic (exact) mass is 417 g/mol. The second-order valence-corrected chi connectivity index (χ2v) is 0. The van der Waals surface area contributed by atoms with Crippen molar-refractivity contribution in [2.24, 2.45) is 0 Å². The number of hydrogen-bond acceptors (Lipinski definition) is 0. The van der Waals surface area contributed by atoms with Crippen molar-refractivity contribution in [2.75, 3.05) is 0 Å². The first kappa shape index (κ1) is 133. The zero-order valence-corrected chi connectivity index (χ0v) is 11.7. The Balaban J connectivity index is 0. The Morgan fingerprint density at radius 1 is 0.222 bits per heavy atom. The Kier molecular flexibility index (Phi) is 1500. The summed E-state index contributed by atoms with van der Waals surface area (Å²) >= 11 is 0. The molecule has 0 aliphatic carbocycles. The van der Waals surface area contributed by atoms with Crippen molar-refractivity contribution in [1.29, 1.82) is 0 Å². The molecule has 0 spiro atoms. The molecule has 0 rings (SSSR count). The second kappa shape index (κ2) is 102. The van der Waals surface area contributed by atoms with E-state index in [0.717, 1.165) is 0 Å². The van der Waals surface area contributed by atoms with Crippen LogP contribution in [0.5, 0.6) is 0 Å². The molecule has 0 heterocycles. The Hall–Kier alpha value is 3.56. The standard InChI is InChI=1S/7Mn.2O/q7*+2;2*-2. The van der Waals surface area contributed by atoms with Crippen LogP contribution >= 0.6 is 0 Å². The summed E-state index contributed by atoms with van der Waals surface area (Å²) in [6, 6.07) is 0. The molecule has 0 saturated heterocycles. The van der Waals surface area contributed by atoms with Gasteiger partial charge in [-0.1, -0.05) is 0 Å². The summed E-state index contributed by atoms with van der Waals surface area (Å²) in [6.07, 6.45) is 0. The van der Waals surface area contributed by atoms with Crippen molar-refractivity contribution >= 4 is 0 Å². The normalized spacial score (nSPS) is 0. The summed E-state index contributed by atoms with van der Waals surface area (Å²) in [5, 5.41) is 0. The fraction of sp³-hybridized carbons (Fsp3) is 0. The van der Waals surface area contributed by atoms with Crippen molar-refractivity contribution < 1.29 is 130 Å². The SMILES string of the molecule is [Mn+2].[Mn+2].[Mn+2].[Mn+2].[Mn+2].[Mn+2].[Mn+2].[O-2].[O-2]. The van der Waals surface area contributed by atoms with Crippen LogP contribution in [0.2, 0.25) is 0 Å². The van der Waals surface area contributed by atoms with E-state index in [1.54, 1.807) is 0 Å². The van der Waals surface area contributed by atoms with Crippen molar-refractivity contribution in [3.8, 4) is 0 Å². The third-order valence-corrected chi connectivity index (χ3v) is 0. The molecule has 0 aromatic carbocycles. The van der Waals surface area contributed by atoms with E-state index in [9.17, 15) is 0 Å². The van der Waals surface area contributed by atoms with Gasteiger partial charge in [0, 0.05) is 0 Å². The molecule has 0 N–H and O–H groups in total. The van der Waals surface area contributed by atoms with Crippen LogP contribution in [0, 0.1) is 0 Å². The van der Waals surface area contributed by atoms with Gasteiger partial charge in [0.15, 0.2) is 0 Å². The van der Waals surface area contributed by atoms with E-state index in [4.69, 9.17) is 0 Å². The second-order valence-electron chi connectivity index (χ2n) is 0. The number of hydrogen-bond donors (Lipinski definition) is 0. The summed E-state index contributed by atoms with van der Waals surface area (Å²) in [5.41, 5.74) is 0. The Bertz CT molecular complexity index is 6.88. The molecule has 7 radical (unpaired) electrons. The van der Waals surface area contributed by atoms with Crippen LogP contribution in [0.15, 0.2) is 0 Å². The first-order valence-corrected chi connectivity index (χ1v) is 0. The van der Waals surface area contributed by atoms with E-state index in [1.807, 2.05) is 0 Å². The molecule has 9 heteroatoms. The van der Waals surface area contributed by atoms with Crippen LogP contribution in [0.1, 0.15) is 0 Å². The molecule has 0 fully saturated rings. The summed E-state index contributed by atoms with van der Waals surface area (Å²) < 4.78 is 0. The maximum absolute atomic E-state index is 0. The molecule has 0 amide bonds. The average Bonchev–Trinajstić information content (AvgIpc) is 0. The maximum Gasteiger partial charge on any atom is 2.00 e. The Labute approximate surface area is 128 Å². The molecular weight excluding hydrogens is 417 g/mol. The maximum atomic E-state index is 0. The minimum Gasteiger partial charge on any atom is -2.00 e. The fourth-order valence-corrected chi connectivity index (χ4v) is 0. The van der Waals surface area contributed by atoms with Gasteiger partial charge in [0.05, 0.1) is 0 Å². The van der Waals surface area contributed by atoms with Gasteiger partial charge in [-0.2, -0.15) is 0 Å². The molecule has 2 nitrogen and oxygen atoms in total. The molecule has 0 aromatic heterocycles. The minimum atomic E-state index is 0. The predicted octanol–water partition coefficient (Wildman–Crippen LogP) is -0.255. The molecule has 0 aliphatic heterocycles. The van der Waals surface area contributed by atoms with E-state index >= 15 is 0 Å². The van der Waals surface area contributed by atoms with Gasteiger partial charge in [-0.25, -0.2) is 0 Å². The number of rotatable bonds is 0. The zero-order chi connectivity index (χ0) is 0. The molecule has 0 unspecified atom stereocenters. The van der Waals surface area contributed by atoms with Crippen molar-refractivity contribution in [3.63, 3.8) is 0 Å². The Morgan fingerprint density at radius 3 is 0.222 bits per heavy atom. The average molecular weight is 417 g/mol. The topological polar surface area (TPSA) is 57.0 Å². The minimum absolute atomic E-state index is 0. The zero-order valence-electron chi connectivity index (χ0n) is 3.46. The third kappa shape index (κ3) is 83.4. The van der Waals surface area contributed by atoms with Crippen LogP contribution in [-0.4, -0.2) is 0 Å². The van der Waals surface area contributed by atoms with E-state index in [2.05, 4.69) is 0 Å². The molecular formula is Mn7O2+10. The fourth-order valence-electron chi connectivity index (χ4n) is 0. The third-order valence-electron chi connectivity index (χ3n) is 0. The van der Waals surface area contributed by atoms with E-state index < -0.39 is 0 Å². The summed E-state index contributed by atoms with van der Waals surface area (Å²) in [6.45, 7) is 0. The van der Waals surface area contributed by atoms with Crippen LogP contribution in [0.4, 0.5) is 0 Å². The van der Waals surface area contributed by atoms with Crippen LogP contribution in [-0.2, 0) is 130 Å². The van der Waals surface area contributed by atoms with Crippen molar-refractivity contribution in [3.05, 3.63) is 0 Å². The van der Waals surface area contributed by atoms with Crippen LogP contribution in [0.3, 0.4) is 0 Å². The van der Waals surface area contributed by atoms with E-state index in [-0.39, 0.29) is 130 Å². The molecule has 0 atom stereocenters. The molecule has 0 aliphatic rings. The summed E-state index contributed by atoms with van der Waals surface area (Å²) in [7, 11) is 0.